The predicted octanol–water partition coefficient (Wildman–Crippen LogP) is 2.18. The van der Waals surface area contributed by atoms with E-state index in [0.29, 0.717) is 5.75 Å². The fraction of sp³-hybridized carbons (Fsp3) is 0.111. The monoisotopic (exact) mass is 189 g/mol. The minimum atomic E-state index is 0.486. The number of imidazole rings is 1. The summed E-state index contributed by atoms with van der Waals surface area (Å²) >= 11 is 1.53. The number of fused-ring (bicyclic) bond motifs is 1. The molecule has 2 aromatic rings. The van der Waals surface area contributed by atoms with Crippen LogP contribution in [0.3, 0.4) is 0 Å². The normalized spacial score (nSPS) is 10.1. The lowest BCUT2D eigenvalue weighted by atomic mass is 10.3. The lowest BCUT2D eigenvalue weighted by Gasteiger charge is -1.95. The third-order valence-corrected chi connectivity index (χ3v) is 2.56. The molecule has 0 saturated heterocycles. The van der Waals surface area contributed by atoms with Crippen molar-refractivity contribution in [3.8, 4) is 6.07 Å². The van der Waals surface area contributed by atoms with Crippen LogP contribution in [-0.4, -0.2) is 15.7 Å². The highest BCUT2D eigenvalue weighted by Gasteiger charge is 1.97. The van der Waals surface area contributed by atoms with Gasteiger partial charge in [0.15, 0.2) is 0 Å². The Labute approximate surface area is 79.8 Å². The maximum Gasteiger partial charge on any atom is 0.0931 e. The van der Waals surface area contributed by atoms with Crippen molar-refractivity contribution < 1.29 is 0 Å². The van der Waals surface area contributed by atoms with Crippen LogP contribution in [0.4, 0.5) is 0 Å². The highest BCUT2D eigenvalue weighted by atomic mass is 32.2. The third kappa shape index (κ3) is 1.65. The fourth-order valence-corrected chi connectivity index (χ4v) is 1.72. The molecule has 4 heteroatoms. The molecule has 0 spiro atoms. The van der Waals surface area contributed by atoms with Gasteiger partial charge in [0, 0.05) is 4.90 Å². The van der Waals surface area contributed by atoms with Crippen molar-refractivity contribution in [2.75, 3.05) is 5.75 Å². The van der Waals surface area contributed by atoms with E-state index < -0.39 is 0 Å². The molecule has 1 aromatic heterocycles. The zero-order chi connectivity index (χ0) is 9.10. The summed E-state index contributed by atoms with van der Waals surface area (Å²) in [7, 11) is 0. The molecule has 3 nitrogen and oxygen atoms in total. The SMILES string of the molecule is N#CCSc1ccc2nc[nH]c2c1. The van der Waals surface area contributed by atoms with Crippen molar-refractivity contribution in [1.82, 2.24) is 9.97 Å². The van der Waals surface area contributed by atoms with Crippen LogP contribution in [-0.2, 0) is 0 Å². The summed E-state index contributed by atoms with van der Waals surface area (Å²) in [5.74, 6) is 0.486. The van der Waals surface area contributed by atoms with Gasteiger partial charge in [-0.05, 0) is 18.2 Å². The molecule has 2 rings (SSSR count). The Morgan fingerprint density at radius 3 is 3.31 bits per heavy atom. The molecule has 13 heavy (non-hydrogen) atoms. The van der Waals surface area contributed by atoms with Gasteiger partial charge in [0.25, 0.3) is 0 Å². The van der Waals surface area contributed by atoms with Gasteiger partial charge in [-0.15, -0.1) is 11.8 Å². The molecule has 0 radical (unpaired) electrons. The Bertz CT molecular complexity index is 455. The molecule has 0 aliphatic rings. The molecule has 1 N–H and O–H groups in total. The van der Waals surface area contributed by atoms with Gasteiger partial charge in [-0.3, -0.25) is 0 Å². The number of nitriles is 1. The number of aromatic nitrogens is 2. The second-order valence-corrected chi connectivity index (χ2v) is 3.58. The Hall–Kier alpha value is -1.47. The minimum Gasteiger partial charge on any atom is -0.345 e. The number of aromatic amines is 1. The van der Waals surface area contributed by atoms with Gasteiger partial charge in [0.05, 0.1) is 29.2 Å². The summed E-state index contributed by atoms with van der Waals surface area (Å²) in [6.07, 6.45) is 1.67. The summed E-state index contributed by atoms with van der Waals surface area (Å²) in [6, 6.07) is 8.03. The van der Waals surface area contributed by atoms with E-state index in [1.807, 2.05) is 18.2 Å². The van der Waals surface area contributed by atoms with E-state index in [-0.39, 0.29) is 0 Å². The van der Waals surface area contributed by atoms with Gasteiger partial charge < -0.3 is 4.98 Å². The van der Waals surface area contributed by atoms with Crippen molar-refractivity contribution in [2.45, 2.75) is 4.90 Å². The molecule has 0 fully saturated rings. The van der Waals surface area contributed by atoms with Gasteiger partial charge in [-0.25, -0.2) is 4.98 Å². The molecule has 64 valence electrons. The second-order valence-electron chi connectivity index (χ2n) is 2.53. The van der Waals surface area contributed by atoms with Gasteiger partial charge in [0.1, 0.15) is 0 Å². The first-order valence-electron chi connectivity index (χ1n) is 3.83. The van der Waals surface area contributed by atoms with Crippen LogP contribution in [0.5, 0.6) is 0 Å². The number of thioether (sulfide) groups is 1. The molecule has 0 amide bonds. The number of hydrogen-bond donors (Lipinski definition) is 1. The molecular weight excluding hydrogens is 182 g/mol. The number of nitrogens with zero attached hydrogens (tertiary/aromatic N) is 2. The molecule has 0 unspecified atom stereocenters. The molecule has 1 aromatic carbocycles. The van der Waals surface area contributed by atoms with E-state index in [4.69, 9.17) is 5.26 Å². The van der Waals surface area contributed by atoms with E-state index in [1.165, 1.54) is 11.8 Å². The summed E-state index contributed by atoms with van der Waals surface area (Å²) < 4.78 is 0. The smallest absolute Gasteiger partial charge is 0.0931 e. The highest BCUT2D eigenvalue weighted by molar-refractivity contribution is 7.99. The average Bonchev–Trinajstić information content (AvgIpc) is 2.61. The Morgan fingerprint density at radius 1 is 1.54 bits per heavy atom. The van der Waals surface area contributed by atoms with E-state index in [9.17, 15) is 0 Å². The van der Waals surface area contributed by atoms with Crippen LogP contribution in [0.2, 0.25) is 0 Å². The fourth-order valence-electron chi connectivity index (χ4n) is 1.12. The molecule has 0 bridgehead atoms. The molecule has 0 saturated carbocycles. The first kappa shape index (κ1) is 8.14. The van der Waals surface area contributed by atoms with Crippen molar-refractivity contribution in [3.63, 3.8) is 0 Å². The van der Waals surface area contributed by atoms with Crippen LogP contribution in [0, 0.1) is 11.3 Å². The quantitative estimate of drug-likeness (QED) is 0.736. The maximum absolute atomic E-state index is 8.41. The molecule has 0 atom stereocenters. The van der Waals surface area contributed by atoms with E-state index >= 15 is 0 Å². The van der Waals surface area contributed by atoms with Crippen LogP contribution in [0.25, 0.3) is 11.0 Å². The van der Waals surface area contributed by atoms with Crippen LogP contribution < -0.4 is 0 Å². The third-order valence-electron chi connectivity index (χ3n) is 1.70. The van der Waals surface area contributed by atoms with Gasteiger partial charge in [-0.2, -0.15) is 5.26 Å². The number of H-pyrrole nitrogens is 1. The molecule has 0 aliphatic heterocycles. The first-order chi connectivity index (χ1) is 6.40. The maximum atomic E-state index is 8.41. The zero-order valence-corrected chi connectivity index (χ0v) is 7.64. The second kappa shape index (κ2) is 3.50. The summed E-state index contributed by atoms with van der Waals surface area (Å²) in [5.41, 5.74) is 1.98. The van der Waals surface area contributed by atoms with Gasteiger partial charge in [-0.1, -0.05) is 0 Å². The zero-order valence-electron chi connectivity index (χ0n) is 6.82. The summed E-state index contributed by atoms with van der Waals surface area (Å²) in [4.78, 5) is 8.23. The van der Waals surface area contributed by atoms with Crippen molar-refractivity contribution in [2.24, 2.45) is 0 Å². The Balaban J connectivity index is 2.33. The minimum absolute atomic E-state index is 0.486. The van der Waals surface area contributed by atoms with Crippen LogP contribution in [0.1, 0.15) is 0 Å². The Kier molecular flexibility index (Phi) is 2.19. The summed E-state index contributed by atoms with van der Waals surface area (Å²) in [5, 5.41) is 8.41. The van der Waals surface area contributed by atoms with Crippen LogP contribution >= 0.6 is 11.8 Å². The topological polar surface area (TPSA) is 52.5 Å². The average molecular weight is 189 g/mol. The van der Waals surface area contributed by atoms with Gasteiger partial charge >= 0.3 is 0 Å². The lowest BCUT2D eigenvalue weighted by Crippen LogP contribution is -1.75. The number of nitrogens with one attached hydrogen (secondary N) is 1. The molecule has 1 heterocycles. The van der Waals surface area contributed by atoms with Crippen LogP contribution in [0.15, 0.2) is 29.4 Å². The van der Waals surface area contributed by atoms with Crippen molar-refractivity contribution in [3.05, 3.63) is 24.5 Å². The largest absolute Gasteiger partial charge is 0.345 e. The molecule has 0 aliphatic carbocycles. The Morgan fingerprint density at radius 2 is 2.46 bits per heavy atom. The number of benzene rings is 1. The number of hydrogen-bond acceptors (Lipinski definition) is 3. The first-order valence-corrected chi connectivity index (χ1v) is 4.81. The highest BCUT2D eigenvalue weighted by Crippen LogP contribution is 2.20. The van der Waals surface area contributed by atoms with E-state index in [1.54, 1.807) is 6.33 Å². The van der Waals surface area contributed by atoms with E-state index in [0.717, 1.165) is 15.9 Å². The summed E-state index contributed by atoms with van der Waals surface area (Å²) in [6.45, 7) is 0. The predicted molar refractivity (Wildman–Crippen MR) is 52.4 cm³/mol. The van der Waals surface area contributed by atoms with E-state index in [2.05, 4.69) is 16.0 Å². The standard InChI is InChI=1S/C9H7N3S/c10-3-4-13-7-1-2-8-9(5-7)12-6-11-8/h1-2,5-6H,4H2,(H,11,12). The van der Waals surface area contributed by atoms with Crippen molar-refractivity contribution >= 4 is 22.8 Å². The van der Waals surface area contributed by atoms with Gasteiger partial charge in [0.2, 0.25) is 0 Å². The number of rotatable bonds is 2. The lowest BCUT2D eigenvalue weighted by molar-refractivity contribution is 1.34. The van der Waals surface area contributed by atoms with Crippen molar-refractivity contribution in [1.29, 1.82) is 5.26 Å². The molecular formula is C9H7N3S.